The molecule has 2 aromatic rings. The lowest BCUT2D eigenvalue weighted by molar-refractivity contribution is -0.140. The van der Waals surface area contributed by atoms with Crippen LogP contribution < -0.4 is 5.56 Å². The van der Waals surface area contributed by atoms with E-state index >= 15 is 0 Å². The number of carboxylic acids is 1. The van der Waals surface area contributed by atoms with E-state index in [1.54, 1.807) is 6.07 Å². The molecule has 1 N–H and O–H groups in total. The standard InChI is InChI=1S/C16H15NO3/c1-12(16(19)20)17-10-9-14(11-15(17)18)8-7-13-5-3-2-4-6-13/h2-12H,1H3,(H,19,20)/b8-7+. The monoisotopic (exact) mass is 269 g/mol. The number of carbonyl (C=O) groups is 1. The number of rotatable bonds is 4. The molecular weight excluding hydrogens is 254 g/mol. The van der Waals surface area contributed by atoms with Crippen molar-refractivity contribution in [1.29, 1.82) is 0 Å². The molecule has 4 heteroatoms. The molecule has 0 saturated carbocycles. The van der Waals surface area contributed by atoms with Crippen LogP contribution in [0.4, 0.5) is 0 Å². The Balaban J connectivity index is 2.24. The molecule has 0 aliphatic rings. The molecule has 0 spiro atoms. The third kappa shape index (κ3) is 3.23. The van der Waals surface area contributed by atoms with E-state index in [0.717, 1.165) is 11.1 Å². The molecule has 1 unspecified atom stereocenters. The normalized spacial score (nSPS) is 12.4. The topological polar surface area (TPSA) is 59.3 Å². The first kappa shape index (κ1) is 13.8. The zero-order chi connectivity index (χ0) is 14.5. The van der Waals surface area contributed by atoms with Crippen LogP contribution in [0.1, 0.15) is 24.1 Å². The third-order valence-electron chi connectivity index (χ3n) is 3.01. The Morgan fingerprint density at radius 2 is 1.80 bits per heavy atom. The van der Waals surface area contributed by atoms with Gasteiger partial charge in [0.2, 0.25) is 0 Å². The fourth-order valence-corrected chi connectivity index (χ4v) is 1.80. The number of aliphatic carboxylic acids is 1. The second kappa shape index (κ2) is 6.02. The molecule has 20 heavy (non-hydrogen) atoms. The van der Waals surface area contributed by atoms with E-state index in [1.165, 1.54) is 23.8 Å². The lowest BCUT2D eigenvalue weighted by atomic mass is 10.1. The average Bonchev–Trinajstić information content (AvgIpc) is 2.45. The summed E-state index contributed by atoms with van der Waals surface area (Å²) in [6.45, 7) is 1.48. The van der Waals surface area contributed by atoms with Crippen molar-refractivity contribution in [2.45, 2.75) is 13.0 Å². The summed E-state index contributed by atoms with van der Waals surface area (Å²) in [4.78, 5) is 22.7. The van der Waals surface area contributed by atoms with Gasteiger partial charge in [-0.25, -0.2) is 4.79 Å². The summed E-state index contributed by atoms with van der Waals surface area (Å²) in [6.07, 6.45) is 5.23. The van der Waals surface area contributed by atoms with Gasteiger partial charge in [0, 0.05) is 12.3 Å². The Hall–Kier alpha value is -2.62. The quantitative estimate of drug-likeness (QED) is 0.928. The number of carboxylic acid groups (broad SMARTS) is 1. The second-order valence-electron chi connectivity index (χ2n) is 4.46. The molecule has 1 heterocycles. The number of nitrogens with zero attached hydrogens (tertiary/aromatic N) is 1. The molecule has 1 aromatic carbocycles. The Morgan fingerprint density at radius 1 is 1.15 bits per heavy atom. The molecule has 0 aliphatic carbocycles. The van der Waals surface area contributed by atoms with E-state index in [2.05, 4.69) is 0 Å². The Kier molecular flexibility index (Phi) is 4.15. The molecule has 0 aliphatic heterocycles. The number of benzene rings is 1. The highest BCUT2D eigenvalue weighted by atomic mass is 16.4. The second-order valence-corrected chi connectivity index (χ2v) is 4.46. The fourth-order valence-electron chi connectivity index (χ4n) is 1.80. The van der Waals surface area contributed by atoms with Gasteiger partial charge in [0.05, 0.1) is 0 Å². The SMILES string of the molecule is CC(C(=O)O)n1ccc(/C=C/c2ccccc2)cc1=O. The third-order valence-corrected chi connectivity index (χ3v) is 3.01. The van der Waals surface area contributed by atoms with E-state index in [4.69, 9.17) is 5.11 Å². The van der Waals surface area contributed by atoms with Gasteiger partial charge in [0.25, 0.3) is 5.56 Å². The maximum absolute atomic E-state index is 11.9. The van der Waals surface area contributed by atoms with Gasteiger partial charge >= 0.3 is 5.97 Å². The number of hydrogen-bond donors (Lipinski definition) is 1. The Morgan fingerprint density at radius 3 is 2.40 bits per heavy atom. The lowest BCUT2D eigenvalue weighted by Crippen LogP contribution is -2.26. The number of hydrogen-bond acceptors (Lipinski definition) is 2. The first-order valence-electron chi connectivity index (χ1n) is 6.26. The van der Waals surface area contributed by atoms with Crippen molar-refractivity contribution >= 4 is 18.1 Å². The molecular formula is C16H15NO3. The van der Waals surface area contributed by atoms with Crippen LogP contribution in [0, 0.1) is 0 Å². The Bertz CT molecular complexity index is 686. The summed E-state index contributed by atoms with van der Waals surface area (Å²) < 4.78 is 1.20. The molecule has 4 nitrogen and oxygen atoms in total. The molecule has 0 fully saturated rings. The minimum atomic E-state index is -1.03. The van der Waals surface area contributed by atoms with Crippen molar-refractivity contribution in [3.8, 4) is 0 Å². The van der Waals surface area contributed by atoms with Crippen LogP contribution in [0.2, 0.25) is 0 Å². The maximum Gasteiger partial charge on any atom is 0.326 e. The van der Waals surface area contributed by atoms with Crippen molar-refractivity contribution in [3.05, 3.63) is 70.1 Å². The van der Waals surface area contributed by atoms with E-state index in [1.807, 2.05) is 42.5 Å². The molecule has 1 atom stereocenters. The van der Waals surface area contributed by atoms with Crippen molar-refractivity contribution in [2.24, 2.45) is 0 Å². The summed E-state index contributed by atoms with van der Waals surface area (Å²) >= 11 is 0. The van der Waals surface area contributed by atoms with Gasteiger partial charge in [-0.15, -0.1) is 0 Å². The number of pyridine rings is 1. The van der Waals surface area contributed by atoms with Crippen molar-refractivity contribution in [2.75, 3.05) is 0 Å². The highest BCUT2D eigenvalue weighted by molar-refractivity contribution is 5.72. The molecule has 0 saturated heterocycles. The summed E-state index contributed by atoms with van der Waals surface area (Å²) in [7, 11) is 0. The van der Waals surface area contributed by atoms with Crippen molar-refractivity contribution in [3.63, 3.8) is 0 Å². The van der Waals surface area contributed by atoms with Gasteiger partial charge in [0.15, 0.2) is 0 Å². The van der Waals surface area contributed by atoms with Crippen LogP contribution in [-0.4, -0.2) is 15.6 Å². The highest BCUT2D eigenvalue weighted by Crippen LogP contribution is 2.08. The summed E-state index contributed by atoms with van der Waals surface area (Å²) in [5.41, 5.74) is 1.46. The van der Waals surface area contributed by atoms with Gasteiger partial charge in [-0.2, -0.15) is 0 Å². The fraction of sp³-hybridized carbons (Fsp3) is 0.125. The largest absolute Gasteiger partial charge is 0.480 e. The number of aromatic nitrogens is 1. The zero-order valence-electron chi connectivity index (χ0n) is 11.1. The van der Waals surface area contributed by atoms with Crippen LogP contribution in [0.15, 0.2) is 53.5 Å². The predicted molar refractivity (Wildman–Crippen MR) is 78.4 cm³/mol. The predicted octanol–water partition coefficient (Wildman–Crippen LogP) is 2.66. The zero-order valence-corrected chi connectivity index (χ0v) is 11.1. The minimum absolute atomic E-state index is 0.324. The molecule has 0 bridgehead atoms. The van der Waals surface area contributed by atoms with E-state index in [0.29, 0.717) is 0 Å². The maximum atomic E-state index is 11.9. The molecule has 2 rings (SSSR count). The van der Waals surface area contributed by atoms with E-state index in [9.17, 15) is 9.59 Å². The molecule has 1 aromatic heterocycles. The van der Waals surface area contributed by atoms with Gasteiger partial charge in [-0.05, 0) is 24.1 Å². The van der Waals surface area contributed by atoms with Crippen molar-refractivity contribution in [1.82, 2.24) is 4.57 Å². The van der Waals surface area contributed by atoms with Gasteiger partial charge in [-0.3, -0.25) is 4.79 Å². The van der Waals surface area contributed by atoms with Crippen molar-refractivity contribution < 1.29 is 9.90 Å². The van der Waals surface area contributed by atoms with Crippen LogP contribution in [0.25, 0.3) is 12.2 Å². The van der Waals surface area contributed by atoms with Gasteiger partial charge in [0.1, 0.15) is 6.04 Å². The smallest absolute Gasteiger partial charge is 0.326 e. The van der Waals surface area contributed by atoms with Gasteiger partial charge in [-0.1, -0.05) is 42.5 Å². The lowest BCUT2D eigenvalue weighted by Gasteiger charge is -2.09. The van der Waals surface area contributed by atoms with E-state index in [-0.39, 0.29) is 5.56 Å². The van der Waals surface area contributed by atoms with Crippen LogP contribution in [0.5, 0.6) is 0 Å². The summed E-state index contributed by atoms with van der Waals surface area (Å²) in [5.74, 6) is -1.03. The van der Waals surface area contributed by atoms with Crippen LogP contribution >= 0.6 is 0 Å². The average molecular weight is 269 g/mol. The summed E-state index contributed by atoms with van der Waals surface area (Å²) in [6, 6.07) is 12.0. The van der Waals surface area contributed by atoms with E-state index < -0.39 is 12.0 Å². The van der Waals surface area contributed by atoms with Gasteiger partial charge < -0.3 is 9.67 Å². The first-order chi connectivity index (χ1) is 9.58. The highest BCUT2D eigenvalue weighted by Gasteiger charge is 2.13. The van der Waals surface area contributed by atoms with Crippen LogP contribution in [0.3, 0.4) is 0 Å². The molecule has 0 amide bonds. The molecule has 102 valence electrons. The first-order valence-corrected chi connectivity index (χ1v) is 6.26. The van der Waals surface area contributed by atoms with Crippen LogP contribution in [-0.2, 0) is 4.79 Å². The summed E-state index contributed by atoms with van der Waals surface area (Å²) in [5, 5.41) is 8.91. The minimum Gasteiger partial charge on any atom is -0.480 e. The Labute approximate surface area is 116 Å². The molecule has 0 radical (unpaired) electrons.